The minimum Gasteiger partial charge on any atom is -0.340 e. The van der Waals surface area contributed by atoms with Gasteiger partial charge in [0.2, 0.25) is 0 Å². The van der Waals surface area contributed by atoms with Gasteiger partial charge in [-0.2, -0.15) is 0 Å². The quantitative estimate of drug-likeness (QED) is 0.682. The molecular weight excluding hydrogens is 306 g/mol. The van der Waals surface area contributed by atoms with E-state index in [9.17, 15) is 13.2 Å². The van der Waals surface area contributed by atoms with E-state index in [0.717, 1.165) is 11.0 Å². The normalized spacial score (nSPS) is 12.0. The largest absolute Gasteiger partial charge is 0.340 e. The molecule has 1 aromatic carbocycles. The summed E-state index contributed by atoms with van der Waals surface area (Å²) in [6, 6.07) is 5.81. The van der Waals surface area contributed by atoms with Crippen molar-refractivity contribution in [3.63, 3.8) is 0 Å². The van der Waals surface area contributed by atoms with Gasteiger partial charge in [0.25, 0.3) is 15.9 Å². The molecule has 0 bridgehead atoms. The summed E-state index contributed by atoms with van der Waals surface area (Å²) >= 11 is 0. The van der Waals surface area contributed by atoms with E-state index in [0.29, 0.717) is 12.1 Å². The van der Waals surface area contributed by atoms with Gasteiger partial charge in [-0.3, -0.25) is 9.63 Å². The molecule has 1 amide bonds. The first-order chi connectivity index (χ1) is 10.2. The molecule has 0 saturated carbocycles. The van der Waals surface area contributed by atoms with Gasteiger partial charge in [-0.1, -0.05) is 4.47 Å². The zero-order chi connectivity index (χ0) is 16.9. The molecule has 0 radical (unpaired) electrons. The van der Waals surface area contributed by atoms with E-state index in [2.05, 4.69) is 0 Å². The summed E-state index contributed by atoms with van der Waals surface area (Å²) in [4.78, 5) is 20.6. The number of hydrogen-bond acceptors (Lipinski definition) is 5. The summed E-state index contributed by atoms with van der Waals surface area (Å²) < 4.78 is 24.9. The van der Waals surface area contributed by atoms with E-state index in [1.807, 2.05) is 19.0 Å². The van der Waals surface area contributed by atoms with Gasteiger partial charge in [-0.25, -0.2) is 8.42 Å². The third kappa shape index (κ3) is 4.51. The fourth-order valence-electron chi connectivity index (χ4n) is 1.69. The van der Waals surface area contributed by atoms with Crippen LogP contribution in [0.2, 0.25) is 0 Å². The van der Waals surface area contributed by atoms with Crippen LogP contribution in [0.3, 0.4) is 0 Å². The van der Waals surface area contributed by atoms with Crippen LogP contribution in [0.5, 0.6) is 0 Å². The molecular formula is C14H23N3O4S. The smallest absolute Gasteiger partial charge is 0.264 e. The average Bonchev–Trinajstić information content (AvgIpc) is 2.50. The van der Waals surface area contributed by atoms with Crippen LogP contribution in [0.4, 0.5) is 0 Å². The highest BCUT2D eigenvalue weighted by atomic mass is 32.2. The fourth-order valence-corrected chi connectivity index (χ4v) is 2.66. The lowest BCUT2D eigenvalue weighted by molar-refractivity contribution is -0.0258. The van der Waals surface area contributed by atoms with E-state index in [-0.39, 0.29) is 10.8 Å². The van der Waals surface area contributed by atoms with Gasteiger partial charge in [-0.15, -0.1) is 0 Å². The lowest BCUT2D eigenvalue weighted by Gasteiger charge is -2.20. The summed E-state index contributed by atoms with van der Waals surface area (Å²) in [5.41, 5.74) is 0.445. The second-order valence-electron chi connectivity index (χ2n) is 5.15. The number of amides is 1. The van der Waals surface area contributed by atoms with Crippen molar-refractivity contribution in [2.45, 2.75) is 4.90 Å². The van der Waals surface area contributed by atoms with Gasteiger partial charge >= 0.3 is 0 Å². The molecule has 0 N–H and O–H groups in total. The Balaban J connectivity index is 2.87. The van der Waals surface area contributed by atoms with Gasteiger partial charge in [0.15, 0.2) is 0 Å². The lowest BCUT2D eigenvalue weighted by Crippen LogP contribution is -2.33. The van der Waals surface area contributed by atoms with Crippen molar-refractivity contribution in [2.75, 3.05) is 48.4 Å². The standard InChI is InChI=1S/C14H23N3O4S/c1-15(2)10-11-16(3)14(18)12-6-8-13(9-7-12)22(19,20)17(4)21-5/h6-9H,10-11H2,1-5H3. The second kappa shape index (κ2) is 7.68. The summed E-state index contributed by atoms with van der Waals surface area (Å²) in [7, 11) is 4.48. The zero-order valence-electron chi connectivity index (χ0n) is 13.6. The minimum absolute atomic E-state index is 0.0735. The van der Waals surface area contributed by atoms with Crippen molar-refractivity contribution in [1.29, 1.82) is 0 Å². The molecule has 0 aliphatic heterocycles. The topological polar surface area (TPSA) is 70.2 Å². The van der Waals surface area contributed by atoms with Crippen LogP contribution in [0.15, 0.2) is 29.2 Å². The monoisotopic (exact) mass is 329 g/mol. The molecule has 124 valence electrons. The number of rotatable bonds is 7. The van der Waals surface area contributed by atoms with Crippen LogP contribution in [-0.4, -0.2) is 77.0 Å². The van der Waals surface area contributed by atoms with E-state index >= 15 is 0 Å². The minimum atomic E-state index is -3.69. The molecule has 1 rings (SSSR count). The van der Waals surface area contributed by atoms with Crippen molar-refractivity contribution < 1.29 is 18.0 Å². The Bertz CT molecular complexity index is 599. The zero-order valence-corrected chi connectivity index (χ0v) is 14.4. The first-order valence-electron chi connectivity index (χ1n) is 6.73. The molecule has 8 heteroatoms. The Morgan fingerprint density at radius 1 is 1.05 bits per heavy atom. The van der Waals surface area contributed by atoms with Crippen LogP contribution in [-0.2, 0) is 14.9 Å². The molecule has 22 heavy (non-hydrogen) atoms. The van der Waals surface area contributed by atoms with Crippen LogP contribution >= 0.6 is 0 Å². The number of carbonyl (C=O) groups is 1. The molecule has 1 aromatic rings. The summed E-state index contributed by atoms with van der Waals surface area (Å²) in [5.74, 6) is -0.147. The van der Waals surface area contributed by atoms with Crippen molar-refractivity contribution in [1.82, 2.24) is 14.3 Å². The molecule has 0 aliphatic rings. The SMILES string of the molecule is CON(C)S(=O)(=O)c1ccc(C(=O)N(C)CCN(C)C)cc1. The first-order valence-corrected chi connectivity index (χ1v) is 8.17. The molecule has 0 saturated heterocycles. The Kier molecular flexibility index (Phi) is 6.48. The molecule has 0 atom stereocenters. The highest BCUT2D eigenvalue weighted by molar-refractivity contribution is 7.89. The van der Waals surface area contributed by atoms with Gasteiger partial charge < -0.3 is 9.80 Å². The van der Waals surface area contributed by atoms with Crippen LogP contribution in [0.25, 0.3) is 0 Å². The maximum absolute atomic E-state index is 12.2. The van der Waals surface area contributed by atoms with E-state index in [1.54, 1.807) is 11.9 Å². The summed E-state index contributed by atoms with van der Waals surface area (Å²) in [6.07, 6.45) is 0. The van der Waals surface area contributed by atoms with Crippen LogP contribution in [0.1, 0.15) is 10.4 Å². The van der Waals surface area contributed by atoms with E-state index in [4.69, 9.17) is 4.84 Å². The van der Waals surface area contributed by atoms with E-state index in [1.165, 1.54) is 38.4 Å². The number of hydrogen-bond donors (Lipinski definition) is 0. The number of sulfonamides is 1. The Labute approximate surface area is 132 Å². The van der Waals surface area contributed by atoms with Crippen molar-refractivity contribution in [3.05, 3.63) is 29.8 Å². The molecule has 0 heterocycles. The van der Waals surface area contributed by atoms with Crippen molar-refractivity contribution >= 4 is 15.9 Å². The number of carbonyl (C=O) groups excluding carboxylic acids is 1. The summed E-state index contributed by atoms with van der Waals surface area (Å²) in [5, 5.41) is 0. The number of likely N-dealkylation sites (N-methyl/N-ethyl adjacent to an activating group) is 2. The van der Waals surface area contributed by atoms with Gasteiger partial charge in [0, 0.05) is 32.7 Å². The molecule has 0 unspecified atom stereocenters. The second-order valence-corrected chi connectivity index (χ2v) is 7.09. The number of nitrogens with zero attached hydrogens (tertiary/aromatic N) is 3. The predicted octanol–water partition coefficient (Wildman–Crippen LogP) is 0.502. The van der Waals surface area contributed by atoms with Gasteiger partial charge in [-0.05, 0) is 38.4 Å². The third-order valence-corrected chi connectivity index (χ3v) is 4.92. The third-order valence-electron chi connectivity index (χ3n) is 3.22. The number of benzene rings is 1. The molecule has 0 spiro atoms. The number of hydroxylamine groups is 1. The first kappa shape index (κ1) is 18.6. The van der Waals surface area contributed by atoms with Gasteiger partial charge in [0.1, 0.15) is 0 Å². The van der Waals surface area contributed by atoms with Crippen LogP contribution in [0, 0.1) is 0 Å². The van der Waals surface area contributed by atoms with Crippen molar-refractivity contribution in [2.24, 2.45) is 0 Å². The highest BCUT2D eigenvalue weighted by Gasteiger charge is 2.21. The Morgan fingerprint density at radius 2 is 1.59 bits per heavy atom. The van der Waals surface area contributed by atoms with Gasteiger partial charge in [0.05, 0.1) is 12.0 Å². The maximum Gasteiger partial charge on any atom is 0.264 e. The Hall–Kier alpha value is -1.48. The van der Waals surface area contributed by atoms with Crippen LogP contribution < -0.4 is 0 Å². The summed E-state index contributed by atoms with van der Waals surface area (Å²) in [6.45, 7) is 1.35. The molecule has 0 aromatic heterocycles. The molecule has 0 aliphatic carbocycles. The maximum atomic E-state index is 12.2. The Morgan fingerprint density at radius 3 is 2.05 bits per heavy atom. The molecule has 7 nitrogen and oxygen atoms in total. The molecule has 0 fully saturated rings. The average molecular weight is 329 g/mol. The van der Waals surface area contributed by atoms with Crippen molar-refractivity contribution in [3.8, 4) is 0 Å². The highest BCUT2D eigenvalue weighted by Crippen LogP contribution is 2.15. The van der Waals surface area contributed by atoms with E-state index < -0.39 is 10.0 Å². The lowest BCUT2D eigenvalue weighted by atomic mass is 10.2. The fraction of sp³-hybridized carbons (Fsp3) is 0.500. The predicted molar refractivity (Wildman–Crippen MR) is 83.9 cm³/mol.